The fraction of sp³-hybridized carbons (Fsp3) is 0.667. The van der Waals surface area contributed by atoms with Gasteiger partial charge in [-0.3, -0.25) is 14.6 Å². The third-order valence-corrected chi connectivity index (χ3v) is 6.06. The minimum atomic E-state index is 0. The zero-order chi connectivity index (χ0) is 22.8. The number of hydrogen-bond donors (Lipinski definition) is 1. The normalized spacial score (nSPS) is 18.0. The molecule has 1 N–H and O–H groups in total. The number of amides is 1. The van der Waals surface area contributed by atoms with E-state index < -0.39 is 0 Å². The van der Waals surface area contributed by atoms with Crippen LogP contribution < -0.4 is 5.32 Å². The number of piperazine rings is 1. The Morgan fingerprint density at radius 3 is 2.48 bits per heavy atom. The number of carbonyl (C=O) groups is 1. The molecule has 0 bridgehead atoms. The SMILES string of the molecule is Cc1cccc(CN2CCN(C(=NCC(=O)N(C)C)NCCCN3CCOCC3)CC2)c1.I. The third-order valence-electron chi connectivity index (χ3n) is 6.06. The molecule has 2 aliphatic rings. The first-order valence-electron chi connectivity index (χ1n) is 11.8. The molecule has 0 spiro atoms. The standard InChI is InChI=1S/C24H40N6O2.HI/c1-21-6-4-7-22(18-21)20-29-10-12-30(13-11-29)24(26-19-23(31)27(2)3)25-8-5-9-28-14-16-32-17-15-28;/h4,6-7,18H,5,8-17,19-20H2,1-3H3,(H,25,26);1H. The summed E-state index contributed by atoms with van der Waals surface area (Å²) in [5.41, 5.74) is 2.67. The number of ether oxygens (including phenoxy) is 1. The number of nitrogens with one attached hydrogen (secondary N) is 1. The highest BCUT2D eigenvalue weighted by atomic mass is 127. The fourth-order valence-corrected chi connectivity index (χ4v) is 4.07. The van der Waals surface area contributed by atoms with Gasteiger partial charge in [0.1, 0.15) is 6.54 Å². The minimum absolute atomic E-state index is 0. The van der Waals surface area contributed by atoms with Gasteiger partial charge >= 0.3 is 0 Å². The van der Waals surface area contributed by atoms with Gasteiger partial charge in [-0.25, -0.2) is 4.99 Å². The van der Waals surface area contributed by atoms with Crippen molar-refractivity contribution in [2.24, 2.45) is 4.99 Å². The molecule has 2 aliphatic heterocycles. The molecule has 33 heavy (non-hydrogen) atoms. The molecule has 1 amide bonds. The van der Waals surface area contributed by atoms with Gasteiger partial charge in [-0.2, -0.15) is 0 Å². The number of morpholine rings is 1. The van der Waals surface area contributed by atoms with Gasteiger partial charge in [0.25, 0.3) is 0 Å². The number of hydrogen-bond acceptors (Lipinski definition) is 5. The van der Waals surface area contributed by atoms with Crippen molar-refractivity contribution in [2.45, 2.75) is 19.9 Å². The Morgan fingerprint density at radius 2 is 1.82 bits per heavy atom. The molecule has 9 heteroatoms. The Kier molecular flexibility index (Phi) is 12.4. The summed E-state index contributed by atoms with van der Waals surface area (Å²) in [5, 5.41) is 3.52. The van der Waals surface area contributed by atoms with Crippen LogP contribution in [-0.2, 0) is 16.1 Å². The van der Waals surface area contributed by atoms with Crippen LogP contribution in [0.15, 0.2) is 29.3 Å². The fourth-order valence-electron chi connectivity index (χ4n) is 4.07. The predicted octanol–water partition coefficient (Wildman–Crippen LogP) is 1.49. The van der Waals surface area contributed by atoms with E-state index >= 15 is 0 Å². The molecular formula is C24H41IN6O2. The average molecular weight is 573 g/mol. The van der Waals surface area contributed by atoms with Crippen molar-refractivity contribution in [2.75, 3.05) is 86.2 Å². The van der Waals surface area contributed by atoms with Crippen molar-refractivity contribution in [3.05, 3.63) is 35.4 Å². The van der Waals surface area contributed by atoms with E-state index in [0.717, 1.165) is 84.5 Å². The molecule has 1 aromatic rings. The highest BCUT2D eigenvalue weighted by molar-refractivity contribution is 14.0. The van der Waals surface area contributed by atoms with Crippen LogP contribution in [0.5, 0.6) is 0 Å². The molecule has 0 saturated carbocycles. The number of nitrogens with zero attached hydrogens (tertiary/aromatic N) is 5. The van der Waals surface area contributed by atoms with E-state index in [1.54, 1.807) is 19.0 Å². The maximum atomic E-state index is 12.1. The maximum Gasteiger partial charge on any atom is 0.243 e. The highest BCUT2D eigenvalue weighted by Gasteiger charge is 2.20. The van der Waals surface area contributed by atoms with Crippen molar-refractivity contribution < 1.29 is 9.53 Å². The first-order valence-corrected chi connectivity index (χ1v) is 11.8. The number of halogens is 1. The maximum absolute atomic E-state index is 12.1. The van der Waals surface area contributed by atoms with Crippen molar-refractivity contribution in [1.82, 2.24) is 24.9 Å². The third kappa shape index (κ3) is 9.76. The molecule has 1 aromatic carbocycles. The van der Waals surface area contributed by atoms with Crippen molar-refractivity contribution in [3.63, 3.8) is 0 Å². The van der Waals surface area contributed by atoms with Crippen LogP contribution in [0.3, 0.4) is 0 Å². The summed E-state index contributed by atoms with van der Waals surface area (Å²) < 4.78 is 5.43. The van der Waals surface area contributed by atoms with Crippen molar-refractivity contribution in [3.8, 4) is 0 Å². The van der Waals surface area contributed by atoms with E-state index in [4.69, 9.17) is 4.74 Å². The molecule has 186 valence electrons. The summed E-state index contributed by atoms with van der Waals surface area (Å²) in [4.78, 5) is 25.6. The highest BCUT2D eigenvalue weighted by Crippen LogP contribution is 2.11. The Morgan fingerprint density at radius 1 is 1.09 bits per heavy atom. The second-order valence-electron chi connectivity index (χ2n) is 8.91. The summed E-state index contributed by atoms with van der Waals surface area (Å²) in [6, 6.07) is 8.75. The number of guanidine groups is 1. The largest absolute Gasteiger partial charge is 0.379 e. The van der Waals surface area contributed by atoms with Crippen LogP contribution in [0, 0.1) is 6.92 Å². The minimum Gasteiger partial charge on any atom is -0.379 e. The molecule has 3 rings (SSSR count). The molecule has 0 aliphatic carbocycles. The van der Waals surface area contributed by atoms with E-state index in [9.17, 15) is 4.79 Å². The number of carbonyl (C=O) groups excluding carboxylic acids is 1. The summed E-state index contributed by atoms with van der Waals surface area (Å²) in [5.74, 6) is 0.882. The van der Waals surface area contributed by atoms with Crippen LogP contribution in [0.4, 0.5) is 0 Å². The van der Waals surface area contributed by atoms with Gasteiger partial charge < -0.3 is 19.9 Å². The summed E-state index contributed by atoms with van der Waals surface area (Å²) in [7, 11) is 3.55. The van der Waals surface area contributed by atoms with Gasteiger partial charge in [-0.15, -0.1) is 24.0 Å². The van der Waals surface area contributed by atoms with Crippen LogP contribution in [0.2, 0.25) is 0 Å². The molecule has 2 fully saturated rings. The lowest BCUT2D eigenvalue weighted by Crippen LogP contribution is -2.52. The molecule has 2 heterocycles. The number of benzene rings is 1. The van der Waals surface area contributed by atoms with E-state index in [0.29, 0.717) is 0 Å². The lowest BCUT2D eigenvalue weighted by Gasteiger charge is -2.36. The first-order chi connectivity index (χ1) is 15.5. The van der Waals surface area contributed by atoms with E-state index in [1.165, 1.54) is 11.1 Å². The number of aryl methyl sites for hydroxylation is 1. The molecule has 0 atom stereocenters. The molecule has 0 aromatic heterocycles. The Labute approximate surface area is 216 Å². The summed E-state index contributed by atoms with van der Waals surface area (Å²) in [6.07, 6.45) is 1.05. The lowest BCUT2D eigenvalue weighted by molar-refractivity contribution is -0.127. The monoisotopic (exact) mass is 572 g/mol. The van der Waals surface area contributed by atoms with Crippen LogP contribution in [0.25, 0.3) is 0 Å². The second kappa shape index (κ2) is 14.7. The van der Waals surface area contributed by atoms with Gasteiger partial charge in [0.05, 0.1) is 13.2 Å². The second-order valence-corrected chi connectivity index (χ2v) is 8.91. The Hall–Kier alpha value is -1.43. The Bertz CT molecular complexity index is 746. The van der Waals surface area contributed by atoms with E-state index in [-0.39, 0.29) is 36.4 Å². The van der Waals surface area contributed by atoms with Crippen molar-refractivity contribution in [1.29, 1.82) is 0 Å². The van der Waals surface area contributed by atoms with Gasteiger partial charge in [-0.1, -0.05) is 29.8 Å². The van der Waals surface area contributed by atoms with Crippen molar-refractivity contribution >= 4 is 35.8 Å². The van der Waals surface area contributed by atoms with Gasteiger partial charge in [-0.05, 0) is 25.5 Å². The number of aliphatic imine (C=N–C) groups is 1. The summed E-state index contributed by atoms with van der Waals surface area (Å²) in [6.45, 7) is 12.7. The topological polar surface area (TPSA) is 63.7 Å². The molecular weight excluding hydrogens is 531 g/mol. The molecule has 8 nitrogen and oxygen atoms in total. The summed E-state index contributed by atoms with van der Waals surface area (Å²) >= 11 is 0. The zero-order valence-electron chi connectivity index (χ0n) is 20.5. The van der Waals surface area contributed by atoms with Gasteiger partial charge in [0.2, 0.25) is 5.91 Å². The van der Waals surface area contributed by atoms with Gasteiger partial charge in [0, 0.05) is 66.5 Å². The van der Waals surface area contributed by atoms with E-state index in [2.05, 4.69) is 56.2 Å². The van der Waals surface area contributed by atoms with Crippen LogP contribution >= 0.6 is 24.0 Å². The average Bonchev–Trinajstić information content (AvgIpc) is 2.79. The molecule has 0 unspecified atom stereocenters. The van der Waals surface area contributed by atoms with E-state index in [1.807, 2.05) is 0 Å². The smallest absolute Gasteiger partial charge is 0.243 e. The lowest BCUT2D eigenvalue weighted by atomic mass is 10.1. The quantitative estimate of drug-likeness (QED) is 0.221. The zero-order valence-corrected chi connectivity index (χ0v) is 22.8. The van der Waals surface area contributed by atoms with Gasteiger partial charge in [0.15, 0.2) is 5.96 Å². The predicted molar refractivity (Wildman–Crippen MR) is 144 cm³/mol. The molecule has 0 radical (unpaired) electrons. The number of likely N-dealkylation sites (N-methyl/N-ethyl adjacent to an activating group) is 1. The first kappa shape index (κ1) is 27.8. The number of rotatable bonds is 8. The Balaban J connectivity index is 0.00000385. The molecule has 2 saturated heterocycles. The van der Waals surface area contributed by atoms with Crippen LogP contribution in [-0.4, -0.2) is 118 Å². The van der Waals surface area contributed by atoms with Crippen LogP contribution in [0.1, 0.15) is 17.5 Å².